The second-order valence-electron chi connectivity index (χ2n) is 11.2. The zero-order valence-electron chi connectivity index (χ0n) is 23.3. The van der Waals surface area contributed by atoms with Gasteiger partial charge in [-0.3, -0.25) is 0 Å². The van der Waals surface area contributed by atoms with Crippen molar-refractivity contribution in [3.8, 4) is 11.4 Å². The molecule has 10 rings (SSSR count). The molecule has 10 aromatic rings. The van der Waals surface area contributed by atoms with Gasteiger partial charge in [-0.05, 0) is 57.9 Å². The average Bonchev–Trinajstić information content (AvgIpc) is 3.66. The van der Waals surface area contributed by atoms with E-state index in [1.807, 2.05) is 42.5 Å². The Labute approximate surface area is 249 Å². The number of furan rings is 2. The summed E-state index contributed by atoms with van der Waals surface area (Å²) in [5.74, 6) is 0.591. The molecule has 0 saturated heterocycles. The van der Waals surface area contributed by atoms with Gasteiger partial charge in [0.2, 0.25) is 0 Å². The first-order chi connectivity index (χ1) is 21.8. The Balaban J connectivity index is 1.47. The summed E-state index contributed by atoms with van der Waals surface area (Å²) in [6.45, 7) is 0. The Bertz CT molecular complexity index is 2850. The van der Waals surface area contributed by atoms with Gasteiger partial charge in [-0.1, -0.05) is 91.0 Å². The molecule has 0 aliphatic heterocycles. The van der Waals surface area contributed by atoms with Gasteiger partial charge in [0, 0.05) is 37.9 Å². The highest BCUT2D eigenvalue weighted by Crippen LogP contribution is 2.38. The van der Waals surface area contributed by atoms with Crippen LogP contribution in [0.5, 0.6) is 0 Å². The Morgan fingerprint density at radius 1 is 0.364 bits per heavy atom. The van der Waals surface area contributed by atoms with Crippen LogP contribution in [-0.2, 0) is 0 Å². The summed E-state index contributed by atoms with van der Waals surface area (Å²) >= 11 is 0. The second kappa shape index (κ2) is 8.72. The van der Waals surface area contributed by atoms with Crippen LogP contribution in [0.1, 0.15) is 0 Å². The van der Waals surface area contributed by atoms with Crippen LogP contribution in [0.4, 0.5) is 0 Å². The zero-order chi connectivity index (χ0) is 28.8. The third-order valence-electron chi connectivity index (χ3n) is 8.68. The third-order valence-corrected chi connectivity index (χ3v) is 8.68. The van der Waals surface area contributed by atoms with Crippen molar-refractivity contribution >= 4 is 87.5 Å². The normalized spacial score (nSPS) is 12.1. The Hall–Kier alpha value is -6.07. The molecule has 0 aliphatic carbocycles. The minimum Gasteiger partial charge on any atom is -0.456 e. The molecule has 0 atom stereocenters. The molecule has 4 aromatic heterocycles. The van der Waals surface area contributed by atoms with Crippen molar-refractivity contribution in [1.82, 2.24) is 15.0 Å². The van der Waals surface area contributed by atoms with Crippen LogP contribution in [-0.4, -0.2) is 15.0 Å². The van der Waals surface area contributed by atoms with E-state index in [1.165, 1.54) is 0 Å². The highest BCUT2D eigenvalue weighted by Gasteiger charge is 2.17. The number of hydrogen-bond acceptors (Lipinski definition) is 5. The molecule has 5 nitrogen and oxygen atoms in total. The maximum atomic E-state index is 6.37. The van der Waals surface area contributed by atoms with E-state index >= 15 is 0 Å². The topological polar surface area (TPSA) is 65.0 Å². The van der Waals surface area contributed by atoms with Gasteiger partial charge in [-0.15, -0.1) is 0 Å². The molecule has 6 bridgehead atoms. The third kappa shape index (κ3) is 3.32. The summed E-state index contributed by atoms with van der Waals surface area (Å²) in [4.78, 5) is 15.4. The van der Waals surface area contributed by atoms with Crippen LogP contribution in [0.3, 0.4) is 0 Å². The molecule has 0 saturated carbocycles. The van der Waals surface area contributed by atoms with Gasteiger partial charge >= 0.3 is 0 Å². The van der Waals surface area contributed by atoms with Crippen molar-refractivity contribution in [3.05, 3.63) is 127 Å². The predicted molar refractivity (Wildman–Crippen MR) is 179 cm³/mol. The molecule has 0 radical (unpaired) electrons. The lowest BCUT2D eigenvalue weighted by Gasteiger charge is -2.05. The van der Waals surface area contributed by atoms with Gasteiger partial charge in [-0.25, -0.2) is 15.0 Å². The van der Waals surface area contributed by atoms with E-state index in [2.05, 4.69) is 84.9 Å². The number of benzene rings is 6. The quantitative estimate of drug-likeness (QED) is 0.199. The van der Waals surface area contributed by atoms with Gasteiger partial charge in [0.05, 0.1) is 0 Å². The molecule has 0 fully saturated rings. The monoisotopic (exact) mass is 563 g/mol. The molecule has 0 amide bonds. The van der Waals surface area contributed by atoms with Crippen LogP contribution < -0.4 is 0 Å². The largest absolute Gasteiger partial charge is 0.456 e. The lowest BCUT2D eigenvalue weighted by Crippen LogP contribution is -1.95. The van der Waals surface area contributed by atoms with Gasteiger partial charge in [0.15, 0.2) is 17.1 Å². The smallest absolute Gasteiger partial charge is 0.164 e. The molecule has 5 heteroatoms. The maximum Gasteiger partial charge on any atom is 0.164 e. The van der Waals surface area contributed by atoms with Crippen LogP contribution in [0.2, 0.25) is 0 Å². The number of para-hydroxylation sites is 1. The van der Waals surface area contributed by atoms with Crippen LogP contribution >= 0.6 is 0 Å². The highest BCUT2D eigenvalue weighted by molar-refractivity contribution is 6.20. The van der Waals surface area contributed by atoms with Gasteiger partial charge in [0.25, 0.3) is 0 Å². The number of rotatable bonds is 1. The minimum absolute atomic E-state index is 0.591. The molecular formula is C39H21N3O2. The minimum atomic E-state index is 0.591. The summed E-state index contributed by atoms with van der Waals surface area (Å²) in [5.41, 5.74) is 5.35. The van der Waals surface area contributed by atoms with E-state index in [0.29, 0.717) is 17.1 Å². The van der Waals surface area contributed by atoms with Crippen LogP contribution in [0.25, 0.3) is 98.9 Å². The number of nitrogens with zero attached hydrogens (tertiary/aromatic N) is 3. The second-order valence-corrected chi connectivity index (χ2v) is 11.2. The first kappa shape index (κ1) is 23.5. The summed E-state index contributed by atoms with van der Waals surface area (Å²) in [6.07, 6.45) is 0. The number of aromatic nitrogens is 3. The SMILES string of the molecule is c1cc2cc(c1)c1ccccc1c1ccc3oc4cccc(c5nc(-c6cccc7oc8ccccc8c67)nc2n5)c4c3c1. The van der Waals surface area contributed by atoms with E-state index in [-0.39, 0.29) is 0 Å². The predicted octanol–water partition coefficient (Wildman–Crippen LogP) is 10.5. The zero-order valence-corrected chi connectivity index (χ0v) is 23.3. The lowest BCUT2D eigenvalue weighted by molar-refractivity contribution is 0.668. The van der Waals surface area contributed by atoms with Crippen molar-refractivity contribution in [2.45, 2.75) is 0 Å². The Morgan fingerprint density at radius 3 is 1.84 bits per heavy atom. The highest BCUT2D eigenvalue weighted by atomic mass is 16.3. The average molecular weight is 564 g/mol. The molecular weight excluding hydrogens is 542 g/mol. The number of hydrogen-bond donors (Lipinski definition) is 0. The Morgan fingerprint density at radius 2 is 0.977 bits per heavy atom. The van der Waals surface area contributed by atoms with Crippen molar-refractivity contribution in [2.75, 3.05) is 0 Å². The fourth-order valence-electron chi connectivity index (χ4n) is 6.70. The fourth-order valence-corrected chi connectivity index (χ4v) is 6.70. The molecule has 204 valence electrons. The van der Waals surface area contributed by atoms with Gasteiger partial charge in [0.1, 0.15) is 22.3 Å². The molecule has 4 heterocycles. The van der Waals surface area contributed by atoms with E-state index in [0.717, 1.165) is 81.8 Å². The van der Waals surface area contributed by atoms with Gasteiger partial charge in [-0.2, -0.15) is 0 Å². The van der Waals surface area contributed by atoms with E-state index in [9.17, 15) is 0 Å². The van der Waals surface area contributed by atoms with Gasteiger partial charge < -0.3 is 8.83 Å². The Kier molecular flexibility index (Phi) is 4.66. The first-order valence-electron chi connectivity index (χ1n) is 14.6. The van der Waals surface area contributed by atoms with Crippen LogP contribution in [0.15, 0.2) is 136 Å². The van der Waals surface area contributed by atoms with E-state index in [1.54, 1.807) is 0 Å². The van der Waals surface area contributed by atoms with Crippen molar-refractivity contribution < 1.29 is 8.83 Å². The number of fused-ring (bicyclic) bond motifs is 13. The molecule has 0 aliphatic rings. The van der Waals surface area contributed by atoms with Crippen molar-refractivity contribution in [2.24, 2.45) is 0 Å². The van der Waals surface area contributed by atoms with Crippen molar-refractivity contribution in [3.63, 3.8) is 0 Å². The maximum absolute atomic E-state index is 6.37. The van der Waals surface area contributed by atoms with E-state index in [4.69, 9.17) is 23.8 Å². The van der Waals surface area contributed by atoms with Crippen LogP contribution in [0, 0.1) is 0 Å². The molecule has 6 aromatic carbocycles. The standard InChI is InChI=1S/C39H21N3O2/c1-2-11-26-23-18-19-32-30(21-23)36-29(14-7-17-34(36)44-32)39-41-37(24-9-5-8-22(20-24)25(26)10-1)40-38(42-39)28-13-6-16-33-35(28)27-12-3-4-15-31(27)43-33/h1-21H. The molecule has 0 N–H and O–H groups in total. The summed E-state index contributed by atoms with van der Waals surface area (Å²) < 4.78 is 12.6. The summed E-state index contributed by atoms with van der Waals surface area (Å²) in [5, 5.41) is 10.4. The summed E-state index contributed by atoms with van der Waals surface area (Å²) in [7, 11) is 0. The molecule has 44 heavy (non-hydrogen) atoms. The fraction of sp³-hybridized carbons (Fsp3) is 0. The summed E-state index contributed by atoms with van der Waals surface area (Å²) in [6, 6.07) is 43.7. The van der Waals surface area contributed by atoms with E-state index < -0.39 is 0 Å². The lowest BCUT2D eigenvalue weighted by atomic mass is 10.0. The molecule has 0 unspecified atom stereocenters. The molecule has 0 spiro atoms. The van der Waals surface area contributed by atoms with Crippen molar-refractivity contribution in [1.29, 1.82) is 0 Å². The first-order valence-corrected chi connectivity index (χ1v) is 14.6.